The van der Waals surface area contributed by atoms with Crippen molar-refractivity contribution in [1.29, 1.82) is 0 Å². The minimum absolute atomic E-state index is 0.366. The Morgan fingerprint density at radius 3 is 2.36 bits per heavy atom. The summed E-state index contributed by atoms with van der Waals surface area (Å²) in [6.07, 6.45) is 3.55. The van der Waals surface area contributed by atoms with Gasteiger partial charge in [0.1, 0.15) is 0 Å². The fourth-order valence-electron chi connectivity index (χ4n) is 2.71. The van der Waals surface area contributed by atoms with E-state index in [0.29, 0.717) is 11.3 Å². The Bertz CT molecular complexity index is 232. The van der Waals surface area contributed by atoms with Crippen LogP contribution in [0.3, 0.4) is 0 Å². The molecule has 1 rings (SSSR count). The van der Waals surface area contributed by atoms with E-state index in [1.165, 1.54) is 17.7 Å². The summed E-state index contributed by atoms with van der Waals surface area (Å²) in [6, 6.07) is 0. The van der Waals surface area contributed by atoms with E-state index in [2.05, 4.69) is 34.6 Å². The van der Waals surface area contributed by atoms with Crippen LogP contribution in [0, 0.1) is 17.3 Å². The minimum Gasteiger partial charge on any atom is -0.402 e. The summed E-state index contributed by atoms with van der Waals surface area (Å²) < 4.78 is 0. The maximum absolute atomic E-state index is 6.15. The highest BCUT2D eigenvalue weighted by Gasteiger charge is 2.33. The molecular formula is C13H25N. The fourth-order valence-corrected chi connectivity index (χ4v) is 2.71. The lowest BCUT2D eigenvalue weighted by molar-refractivity contribution is 0.215. The molecular weight excluding hydrogens is 170 g/mol. The summed E-state index contributed by atoms with van der Waals surface area (Å²) >= 11 is 0. The molecule has 2 N–H and O–H groups in total. The van der Waals surface area contributed by atoms with Gasteiger partial charge < -0.3 is 5.73 Å². The molecule has 0 bridgehead atoms. The molecule has 2 atom stereocenters. The van der Waals surface area contributed by atoms with Crippen LogP contribution in [-0.4, -0.2) is 0 Å². The highest BCUT2D eigenvalue weighted by Crippen LogP contribution is 2.43. The monoisotopic (exact) mass is 195 g/mol. The third-order valence-corrected chi connectivity index (χ3v) is 3.47. The molecule has 0 amide bonds. The summed E-state index contributed by atoms with van der Waals surface area (Å²) in [6.45, 7) is 11.5. The zero-order valence-electron chi connectivity index (χ0n) is 10.4. The van der Waals surface area contributed by atoms with Gasteiger partial charge in [0.05, 0.1) is 0 Å². The second-order valence-corrected chi connectivity index (χ2v) is 5.87. The Morgan fingerprint density at radius 2 is 1.93 bits per heavy atom. The Labute approximate surface area is 88.8 Å². The topological polar surface area (TPSA) is 26.0 Å². The Hall–Kier alpha value is -0.460. The lowest BCUT2D eigenvalue weighted by Gasteiger charge is -2.39. The molecule has 0 spiro atoms. The third-order valence-electron chi connectivity index (χ3n) is 3.47. The molecule has 0 radical (unpaired) electrons. The van der Waals surface area contributed by atoms with Crippen molar-refractivity contribution in [3.05, 3.63) is 11.3 Å². The molecule has 0 aromatic carbocycles. The van der Waals surface area contributed by atoms with Crippen molar-refractivity contribution in [2.45, 2.75) is 53.9 Å². The lowest BCUT2D eigenvalue weighted by Crippen LogP contribution is -2.30. The average Bonchev–Trinajstić information content (AvgIpc) is 2.01. The molecule has 0 heterocycles. The van der Waals surface area contributed by atoms with Gasteiger partial charge in [0, 0.05) is 5.70 Å². The predicted octanol–water partition coefficient (Wildman–Crippen LogP) is 3.70. The molecule has 0 saturated carbocycles. The molecule has 0 aliphatic heterocycles. The minimum atomic E-state index is 0.366. The summed E-state index contributed by atoms with van der Waals surface area (Å²) in [5.74, 6) is 1.45. The van der Waals surface area contributed by atoms with Gasteiger partial charge in [0.25, 0.3) is 0 Å². The molecule has 0 fully saturated rings. The highest BCUT2D eigenvalue weighted by molar-refractivity contribution is 5.20. The van der Waals surface area contributed by atoms with Crippen LogP contribution in [0.15, 0.2) is 11.3 Å². The van der Waals surface area contributed by atoms with E-state index in [1.807, 2.05) is 0 Å². The van der Waals surface area contributed by atoms with Crippen LogP contribution in [0.4, 0.5) is 0 Å². The van der Waals surface area contributed by atoms with Crippen LogP contribution in [-0.2, 0) is 0 Å². The van der Waals surface area contributed by atoms with E-state index in [4.69, 9.17) is 5.73 Å². The van der Waals surface area contributed by atoms with Gasteiger partial charge >= 0.3 is 0 Å². The van der Waals surface area contributed by atoms with E-state index in [0.717, 1.165) is 18.8 Å². The smallest absolute Gasteiger partial charge is 0.00779 e. The number of hydrogen-bond acceptors (Lipinski definition) is 1. The van der Waals surface area contributed by atoms with Gasteiger partial charge in [-0.3, -0.25) is 0 Å². The zero-order valence-corrected chi connectivity index (χ0v) is 10.4. The highest BCUT2D eigenvalue weighted by atomic mass is 14.6. The van der Waals surface area contributed by atoms with Crippen LogP contribution in [0.1, 0.15) is 53.9 Å². The first-order chi connectivity index (χ1) is 6.36. The summed E-state index contributed by atoms with van der Waals surface area (Å²) in [7, 11) is 0. The van der Waals surface area contributed by atoms with Crippen LogP contribution < -0.4 is 5.73 Å². The van der Waals surface area contributed by atoms with E-state index < -0.39 is 0 Å². The lowest BCUT2D eigenvalue weighted by atomic mass is 9.67. The largest absolute Gasteiger partial charge is 0.402 e. The molecule has 1 aliphatic rings. The molecule has 0 aromatic heterocycles. The van der Waals surface area contributed by atoms with Crippen LogP contribution in [0.5, 0.6) is 0 Å². The number of hydrogen-bond donors (Lipinski definition) is 1. The summed E-state index contributed by atoms with van der Waals surface area (Å²) in [4.78, 5) is 0. The van der Waals surface area contributed by atoms with Crippen molar-refractivity contribution in [3.63, 3.8) is 0 Å². The van der Waals surface area contributed by atoms with E-state index in [9.17, 15) is 0 Å². The van der Waals surface area contributed by atoms with Gasteiger partial charge in [-0.25, -0.2) is 0 Å². The maximum Gasteiger partial charge on any atom is 0.00779 e. The van der Waals surface area contributed by atoms with Gasteiger partial charge in [-0.1, -0.05) is 34.6 Å². The van der Waals surface area contributed by atoms with Crippen molar-refractivity contribution in [2.75, 3.05) is 0 Å². The molecule has 0 aromatic rings. The Kier molecular flexibility index (Phi) is 3.28. The standard InChI is InChI=1S/C13H25N/c1-6-10-11(13(3,4)5)7-9(2)8-12(10)14/h9,11H,6-8,14H2,1-5H3. The SMILES string of the molecule is CCC1=C(N)CC(C)CC1C(C)(C)C. The molecule has 2 unspecified atom stereocenters. The fraction of sp³-hybridized carbons (Fsp3) is 0.846. The van der Waals surface area contributed by atoms with Crippen LogP contribution in [0.2, 0.25) is 0 Å². The predicted molar refractivity (Wildman–Crippen MR) is 62.8 cm³/mol. The zero-order chi connectivity index (χ0) is 10.9. The first-order valence-electron chi connectivity index (χ1n) is 5.83. The van der Waals surface area contributed by atoms with Gasteiger partial charge in [-0.05, 0) is 42.1 Å². The Morgan fingerprint density at radius 1 is 1.36 bits per heavy atom. The van der Waals surface area contributed by atoms with Crippen molar-refractivity contribution in [2.24, 2.45) is 23.0 Å². The van der Waals surface area contributed by atoms with Gasteiger partial charge in [0.2, 0.25) is 0 Å². The molecule has 1 nitrogen and oxygen atoms in total. The van der Waals surface area contributed by atoms with Crippen LogP contribution >= 0.6 is 0 Å². The first kappa shape index (κ1) is 11.6. The average molecular weight is 195 g/mol. The van der Waals surface area contributed by atoms with Crippen molar-refractivity contribution < 1.29 is 0 Å². The van der Waals surface area contributed by atoms with E-state index in [-0.39, 0.29) is 0 Å². The molecule has 0 saturated heterocycles. The number of allylic oxidation sites excluding steroid dienone is 2. The van der Waals surface area contributed by atoms with Gasteiger partial charge in [-0.2, -0.15) is 0 Å². The van der Waals surface area contributed by atoms with Crippen LogP contribution in [0.25, 0.3) is 0 Å². The van der Waals surface area contributed by atoms with E-state index in [1.54, 1.807) is 0 Å². The second kappa shape index (κ2) is 3.96. The molecule has 82 valence electrons. The number of nitrogens with two attached hydrogens (primary N) is 1. The van der Waals surface area contributed by atoms with Gasteiger partial charge in [-0.15, -0.1) is 0 Å². The van der Waals surface area contributed by atoms with Crippen molar-refractivity contribution in [1.82, 2.24) is 0 Å². The summed E-state index contributed by atoms with van der Waals surface area (Å²) in [5.41, 5.74) is 9.21. The molecule has 1 aliphatic carbocycles. The third kappa shape index (κ3) is 2.31. The number of rotatable bonds is 1. The maximum atomic E-state index is 6.15. The molecule has 14 heavy (non-hydrogen) atoms. The molecule has 1 heteroatoms. The van der Waals surface area contributed by atoms with Crippen molar-refractivity contribution >= 4 is 0 Å². The normalized spacial score (nSPS) is 29.5. The van der Waals surface area contributed by atoms with Crippen molar-refractivity contribution in [3.8, 4) is 0 Å². The quantitative estimate of drug-likeness (QED) is 0.678. The Balaban J connectivity index is 2.98. The summed E-state index contributed by atoms with van der Waals surface area (Å²) in [5, 5.41) is 0. The second-order valence-electron chi connectivity index (χ2n) is 5.87. The first-order valence-corrected chi connectivity index (χ1v) is 5.83. The van der Waals surface area contributed by atoms with E-state index >= 15 is 0 Å². The van der Waals surface area contributed by atoms with Gasteiger partial charge in [0.15, 0.2) is 0 Å².